The molecule has 2 aromatic rings. The quantitative estimate of drug-likeness (QED) is 0.850. The summed E-state index contributed by atoms with van der Waals surface area (Å²) in [6, 6.07) is 5.62. The minimum absolute atomic E-state index is 0.168. The topological polar surface area (TPSA) is 51.2 Å². The number of aromatic nitrogens is 1. The summed E-state index contributed by atoms with van der Waals surface area (Å²) in [6.45, 7) is 1.79. The molecule has 0 aliphatic carbocycles. The maximum Gasteiger partial charge on any atom is 0.249 e. The molecule has 88 valence electrons. The predicted octanol–water partition coefficient (Wildman–Crippen LogP) is 2.82. The van der Waals surface area contributed by atoms with E-state index in [1.165, 1.54) is 17.4 Å². The second-order valence-corrected chi connectivity index (χ2v) is 4.37. The van der Waals surface area contributed by atoms with Gasteiger partial charge in [0.25, 0.3) is 0 Å². The zero-order valence-electron chi connectivity index (χ0n) is 9.56. The minimum Gasteiger partial charge on any atom is -0.497 e. The monoisotopic (exact) mass is 248 g/mol. The lowest BCUT2D eigenvalue weighted by Crippen LogP contribution is -2.06. The summed E-state index contributed by atoms with van der Waals surface area (Å²) in [4.78, 5) is 15.7. The first kappa shape index (κ1) is 11.6. The summed E-state index contributed by atoms with van der Waals surface area (Å²) < 4.78 is 6.12. The van der Waals surface area contributed by atoms with Crippen molar-refractivity contribution in [2.45, 2.75) is 6.92 Å². The summed E-state index contributed by atoms with van der Waals surface area (Å²) >= 11 is 1.42. The number of rotatable bonds is 3. The van der Waals surface area contributed by atoms with Crippen molar-refractivity contribution in [3.8, 4) is 5.75 Å². The average Bonchev–Trinajstić information content (AvgIpc) is 2.69. The summed E-state index contributed by atoms with van der Waals surface area (Å²) in [6.07, 6.45) is 3.15. The number of fused-ring (bicyclic) bond motifs is 1. The average molecular weight is 248 g/mol. The number of carbonyl (C=O) groups excluding carboxylic acids is 1. The number of hydrogen-bond acceptors (Lipinski definition) is 4. The molecular formula is C12H12N2O2S. The van der Waals surface area contributed by atoms with E-state index in [1.807, 2.05) is 18.2 Å². The van der Waals surface area contributed by atoms with Gasteiger partial charge in [-0.1, -0.05) is 17.4 Å². The van der Waals surface area contributed by atoms with Gasteiger partial charge in [0.15, 0.2) is 5.13 Å². The Kier molecular flexibility index (Phi) is 3.39. The van der Waals surface area contributed by atoms with Crippen molar-refractivity contribution in [3.05, 3.63) is 30.4 Å². The molecule has 4 nitrogen and oxygen atoms in total. The van der Waals surface area contributed by atoms with Gasteiger partial charge in [0, 0.05) is 0 Å². The van der Waals surface area contributed by atoms with E-state index >= 15 is 0 Å². The van der Waals surface area contributed by atoms with Gasteiger partial charge in [0.1, 0.15) is 5.75 Å². The third-order valence-electron chi connectivity index (χ3n) is 2.14. The van der Waals surface area contributed by atoms with Gasteiger partial charge in [-0.05, 0) is 31.2 Å². The SMILES string of the molecule is C/C=C/C(=O)Nc1nc2ccc(OC)cc2s1. The van der Waals surface area contributed by atoms with Gasteiger partial charge in [-0.25, -0.2) is 4.98 Å². The summed E-state index contributed by atoms with van der Waals surface area (Å²) in [5.74, 6) is 0.617. The number of thiazole rings is 1. The number of carbonyl (C=O) groups is 1. The Hall–Kier alpha value is -1.88. The maximum atomic E-state index is 11.4. The normalized spacial score (nSPS) is 10.9. The van der Waals surface area contributed by atoms with Crippen LogP contribution in [-0.4, -0.2) is 18.0 Å². The van der Waals surface area contributed by atoms with Crippen LogP contribution < -0.4 is 10.1 Å². The van der Waals surface area contributed by atoms with Crippen molar-refractivity contribution in [3.63, 3.8) is 0 Å². The molecule has 0 fully saturated rings. The van der Waals surface area contributed by atoms with Crippen LogP contribution in [0.4, 0.5) is 5.13 Å². The number of anilines is 1. The van der Waals surface area contributed by atoms with Crippen LogP contribution in [0.3, 0.4) is 0 Å². The molecule has 0 spiro atoms. The van der Waals surface area contributed by atoms with Gasteiger partial charge in [-0.3, -0.25) is 10.1 Å². The van der Waals surface area contributed by atoms with Crippen molar-refractivity contribution >= 4 is 32.6 Å². The third-order valence-corrected chi connectivity index (χ3v) is 3.08. The van der Waals surface area contributed by atoms with Crippen LogP contribution in [0.25, 0.3) is 10.2 Å². The molecule has 0 aliphatic rings. The Morgan fingerprint density at radius 1 is 1.53 bits per heavy atom. The van der Waals surface area contributed by atoms with Gasteiger partial charge < -0.3 is 4.74 Å². The van der Waals surface area contributed by atoms with Gasteiger partial charge in [0.2, 0.25) is 5.91 Å². The fourth-order valence-corrected chi connectivity index (χ4v) is 2.28. The number of allylic oxidation sites excluding steroid dienone is 1. The van der Waals surface area contributed by atoms with Crippen LogP contribution in [0.15, 0.2) is 30.4 Å². The molecule has 0 aliphatic heterocycles. The van der Waals surface area contributed by atoms with E-state index in [0.29, 0.717) is 5.13 Å². The number of benzene rings is 1. The largest absolute Gasteiger partial charge is 0.497 e. The number of methoxy groups -OCH3 is 1. The molecular weight excluding hydrogens is 236 g/mol. The molecule has 0 bridgehead atoms. The first-order valence-electron chi connectivity index (χ1n) is 5.11. The van der Waals surface area contributed by atoms with Crippen LogP contribution in [0.1, 0.15) is 6.92 Å². The van der Waals surface area contributed by atoms with Crippen molar-refractivity contribution in [1.82, 2.24) is 4.98 Å². The molecule has 5 heteroatoms. The smallest absolute Gasteiger partial charge is 0.249 e. The lowest BCUT2D eigenvalue weighted by Gasteiger charge is -1.96. The molecule has 17 heavy (non-hydrogen) atoms. The number of nitrogens with one attached hydrogen (secondary N) is 1. The van der Waals surface area contributed by atoms with Crippen molar-refractivity contribution in [2.75, 3.05) is 12.4 Å². The second-order valence-electron chi connectivity index (χ2n) is 3.34. The predicted molar refractivity (Wildman–Crippen MR) is 69.6 cm³/mol. The van der Waals surface area contributed by atoms with E-state index in [4.69, 9.17) is 4.74 Å². The first-order valence-corrected chi connectivity index (χ1v) is 5.93. The van der Waals surface area contributed by atoms with Crippen LogP contribution >= 0.6 is 11.3 Å². The molecule has 0 unspecified atom stereocenters. The highest BCUT2D eigenvalue weighted by Crippen LogP contribution is 2.28. The number of hydrogen-bond donors (Lipinski definition) is 1. The summed E-state index contributed by atoms with van der Waals surface area (Å²) in [5, 5.41) is 3.30. The molecule has 0 atom stereocenters. The highest BCUT2D eigenvalue weighted by atomic mass is 32.1. The molecule has 1 amide bonds. The van der Waals surface area contributed by atoms with E-state index in [9.17, 15) is 4.79 Å². The lowest BCUT2D eigenvalue weighted by molar-refractivity contribution is -0.111. The highest BCUT2D eigenvalue weighted by Gasteiger charge is 2.06. The van der Waals surface area contributed by atoms with E-state index < -0.39 is 0 Å². The molecule has 2 rings (SSSR count). The highest BCUT2D eigenvalue weighted by molar-refractivity contribution is 7.22. The van der Waals surface area contributed by atoms with E-state index in [1.54, 1.807) is 20.1 Å². The first-order chi connectivity index (χ1) is 8.22. The molecule has 0 saturated heterocycles. The van der Waals surface area contributed by atoms with Gasteiger partial charge in [-0.15, -0.1) is 0 Å². The van der Waals surface area contributed by atoms with Crippen LogP contribution in [0.2, 0.25) is 0 Å². The molecule has 0 radical (unpaired) electrons. The molecule has 1 N–H and O–H groups in total. The third kappa shape index (κ3) is 2.62. The Balaban J connectivity index is 2.28. The van der Waals surface area contributed by atoms with Crippen LogP contribution in [0.5, 0.6) is 5.75 Å². The number of nitrogens with zero attached hydrogens (tertiary/aromatic N) is 1. The maximum absolute atomic E-state index is 11.4. The minimum atomic E-state index is -0.168. The zero-order valence-corrected chi connectivity index (χ0v) is 10.4. The molecule has 1 aromatic carbocycles. The van der Waals surface area contributed by atoms with E-state index in [-0.39, 0.29) is 5.91 Å². The summed E-state index contributed by atoms with van der Waals surface area (Å²) in [5.41, 5.74) is 0.853. The van der Waals surface area contributed by atoms with Crippen molar-refractivity contribution in [2.24, 2.45) is 0 Å². The van der Waals surface area contributed by atoms with Gasteiger partial charge >= 0.3 is 0 Å². The number of amides is 1. The molecule has 1 aromatic heterocycles. The fourth-order valence-electron chi connectivity index (χ4n) is 1.38. The zero-order chi connectivity index (χ0) is 12.3. The molecule has 1 heterocycles. The Labute approximate surface area is 103 Å². The summed E-state index contributed by atoms with van der Waals surface area (Å²) in [7, 11) is 1.62. The van der Waals surface area contributed by atoms with Crippen molar-refractivity contribution in [1.29, 1.82) is 0 Å². The van der Waals surface area contributed by atoms with E-state index in [0.717, 1.165) is 16.0 Å². The lowest BCUT2D eigenvalue weighted by atomic mass is 10.3. The number of ether oxygens (including phenoxy) is 1. The van der Waals surface area contributed by atoms with Crippen LogP contribution in [0, 0.1) is 0 Å². The second kappa shape index (κ2) is 4.97. The molecule has 0 saturated carbocycles. The Morgan fingerprint density at radius 3 is 3.06 bits per heavy atom. The standard InChI is InChI=1S/C12H12N2O2S/c1-3-4-11(15)14-12-13-9-6-5-8(16-2)7-10(9)17-12/h3-7H,1-2H3,(H,13,14,15)/b4-3+. The van der Waals surface area contributed by atoms with Crippen molar-refractivity contribution < 1.29 is 9.53 Å². The van der Waals surface area contributed by atoms with E-state index in [2.05, 4.69) is 10.3 Å². The van der Waals surface area contributed by atoms with Gasteiger partial charge in [0.05, 0.1) is 17.3 Å². The van der Waals surface area contributed by atoms with Crippen LogP contribution in [-0.2, 0) is 4.79 Å². The van der Waals surface area contributed by atoms with Gasteiger partial charge in [-0.2, -0.15) is 0 Å². The Bertz CT molecular complexity index is 575. The fraction of sp³-hybridized carbons (Fsp3) is 0.167. The Morgan fingerprint density at radius 2 is 2.35 bits per heavy atom.